The van der Waals surface area contributed by atoms with Crippen molar-refractivity contribution in [2.24, 2.45) is 0 Å². The van der Waals surface area contributed by atoms with Crippen LogP contribution in [0.5, 0.6) is 0 Å². The molecule has 0 radical (unpaired) electrons. The molecule has 25 heavy (non-hydrogen) atoms. The van der Waals surface area contributed by atoms with Gasteiger partial charge in [0.1, 0.15) is 5.69 Å². The van der Waals surface area contributed by atoms with Crippen molar-refractivity contribution in [1.82, 2.24) is 5.16 Å². The third-order valence-corrected chi connectivity index (χ3v) is 6.85. The summed E-state index contributed by atoms with van der Waals surface area (Å²) in [7, 11) is -7.20. The Morgan fingerprint density at radius 2 is 1.92 bits per heavy atom. The van der Waals surface area contributed by atoms with Gasteiger partial charge in [0.25, 0.3) is 10.0 Å². The molecule has 2 aromatic rings. The van der Waals surface area contributed by atoms with Gasteiger partial charge in [0.15, 0.2) is 10.7 Å². The van der Waals surface area contributed by atoms with Crippen molar-refractivity contribution in [2.75, 3.05) is 21.8 Å². The van der Waals surface area contributed by atoms with Crippen molar-refractivity contribution in [3.63, 3.8) is 0 Å². The molecule has 0 saturated heterocycles. The SMILES string of the molecule is Cc1noc(C)c1S(=O)(=O)Nc1ccc2c(c1)CCCN2S(C)(=O)=O. The van der Waals surface area contributed by atoms with Crippen molar-refractivity contribution >= 4 is 31.4 Å². The van der Waals surface area contributed by atoms with Crippen LogP contribution in [0, 0.1) is 13.8 Å². The van der Waals surface area contributed by atoms with E-state index in [1.54, 1.807) is 25.1 Å². The summed E-state index contributed by atoms with van der Waals surface area (Å²) in [4.78, 5) is 0.0167. The molecule has 0 unspecified atom stereocenters. The third kappa shape index (κ3) is 3.36. The lowest BCUT2D eigenvalue weighted by Crippen LogP contribution is -2.34. The summed E-state index contributed by atoms with van der Waals surface area (Å²) >= 11 is 0. The molecule has 8 nitrogen and oxygen atoms in total. The number of hydrogen-bond acceptors (Lipinski definition) is 6. The molecule has 0 fully saturated rings. The lowest BCUT2D eigenvalue weighted by Gasteiger charge is -2.29. The predicted octanol–water partition coefficient (Wildman–Crippen LogP) is 1.80. The number of aryl methyl sites for hydroxylation is 3. The number of rotatable bonds is 4. The Morgan fingerprint density at radius 3 is 2.52 bits per heavy atom. The maximum Gasteiger partial charge on any atom is 0.267 e. The van der Waals surface area contributed by atoms with E-state index in [1.165, 1.54) is 11.2 Å². The van der Waals surface area contributed by atoms with Crippen molar-refractivity contribution < 1.29 is 21.4 Å². The van der Waals surface area contributed by atoms with Gasteiger partial charge in [-0.1, -0.05) is 5.16 Å². The molecular formula is C15H19N3O5S2. The fraction of sp³-hybridized carbons (Fsp3) is 0.400. The van der Waals surface area contributed by atoms with Crippen LogP contribution in [0.2, 0.25) is 0 Å². The highest BCUT2D eigenvalue weighted by Gasteiger charge is 2.27. The van der Waals surface area contributed by atoms with E-state index < -0.39 is 20.0 Å². The largest absolute Gasteiger partial charge is 0.360 e. The average Bonchev–Trinajstić information content (AvgIpc) is 2.84. The van der Waals surface area contributed by atoms with E-state index in [2.05, 4.69) is 9.88 Å². The fourth-order valence-corrected chi connectivity index (χ4v) is 5.41. The van der Waals surface area contributed by atoms with E-state index in [0.717, 1.165) is 11.8 Å². The van der Waals surface area contributed by atoms with E-state index >= 15 is 0 Å². The van der Waals surface area contributed by atoms with Gasteiger partial charge in [-0.25, -0.2) is 16.8 Å². The molecule has 0 spiro atoms. The van der Waals surface area contributed by atoms with Crippen LogP contribution in [0.1, 0.15) is 23.4 Å². The van der Waals surface area contributed by atoms with Gasteiger partial charge in [0, 0.05) is 12.2 Å². The first-order chi connectivity index (χ1) is 11.6. The topological polar surface area (TPSA) is 110 Å². The Bertz CT molecular complexity index is 1010. The Kier molecular flexibility index (Phi) is 4.28. The van der Waals surface area contributed by atoms with Crippen LogP contribution in [0.3, 0.4) is 0 Å². The van der Waals surface area contributed by atoms with Gasteiger partial charge in [0.05, 0.1) is 11.9 Å². The van der Waals surface area contributed by atoms with E-state index in [0.29, 0.717) is 30.8 Å². The van der Waals surface area contributed by atoms with Crippen LogP contribution in [0.25, 0.3) is 0 Å². The van der Waals surface area contributed by atoms with Crippen LogP contribution >= 0.6 is 0 Å². The second kappa shape index (κ2) is 6.03. The minimum Gasteiger partial charge on any atom is -0.360 e. The number of nitrogens with one attached hydrogen (secondary N) is 1. The number of nitrogens with zero attached hydrogens (tertiary/aromatic N) is 2. The maximum absolute atomic E-state index is 12.6. The van der Waals surface area contributed by atoms with Gasteiger partial charge >= 0.3 is 0 Å². The van der Waals surface area contributed by atoms with Crippen molar-refractivity contribution in [2.45, 2.75) is 31.6 Å². The highest BCUT2D eigenvalue weighted by Crippen LogP contribution is 2.32. The summed E-state index contributed by atoms with van der Waals surface area (Å²) < 4.78 is 57.7. The van der Waals surface area contributed by atoms with Gasteiger partial charge < -0.3 is 4.52 Å². The van der Waals surface area contributed by atoms with Crippen LogP contribution in [0.15, 0.2) is 27.6 Å². The van der Waals surface area contributed by atoms with E-state index in [9.17, 15) is 16.8 Å². The standard InChI is InChI=1S/C15H19N3O5S2/c1-10-15(11(2)23-16-10)25(21,22)17-13-6-7-14-12(9-13)5-4-8-18(14)24(3,19)20/h6-7,9,17H,4-5,8H2,1-3H3. The second-order valence-corrected chi connectivity index (χ2v) is 9.57. The predicted molar refractivity (Wildman–Crippen MR) is 93.7 cm³/mol. The van der Waals surface area contributed by atoms with Crippen LogP contribution in [-0.2, 0) is 26.5 Å². The minimum atomic E-state index is -3.84. The van der Waals surface area contributed by atoms with E-state index in [-0.39, 0.29) is 16.3 Å². The van der Waals surface area contributed by atoms with Crippen LogP contribution in [0.4, 0.5) is 11.4 Å². The molecule has 0 aliphatic carbocycles. The van der Waals surface area contributed by atoms with E-state index in [4.69, 9.17) is 4.52 Å². The summed E-state index contributed by atoms with van der Waals surface area (Å²) in [5.74, 6) is 0.214. The number of sulfonamides is 2. The van der Waals surface area contributed by atoms with E-state index in [1.807, 2.05) is 0 Å². The molecule has 1 aliphatic rings. The number of aromatic nitrogens is 1. The zero-order valence-corrected chi connectivity index (χ0v) is 15.7. The summed E-state index contributed by atoms with van der Waals surface area (Å²) in [6, 6.07) is 4.85. The maximum atomic E-state index is 12.6. The van der Waals surface area contributed by atoms with Gasteiger partial charge in [-0.15, -0.1) is 0 Å². The third-order valence-electron chi connectivity index (χ3n) is 4.04. The second-order valence-electron chi connectivity index (χ2n) is 6.04. The number of fused-ring (bicyclic) bond motifs is 1. The first kappa shape index (κ1) is 17.7. The van der Waals surface area contributed by atoms with Crippen molar-refractivity contribution in [1.29, 1.82) is 0 Å². The highest BCUT2D eigenvalue weighted by atomic mass is 32.2. The summed E-state index contributed by atoms with van der Waals surface area (Å²) in [5, 5.41) is 3.66. The molecule has 0 atom stereocenters. The first-order valence-electron chi connectivity index (χ1n) is 7.66. The van der Waals surface area contributed by atoms with Crippen LogP contribution < -0.4 is 9.03 Å². The lowest BCUT2D eigenvalue weighted by atomic mass is 10.0. The summed E-state index contributed by atoms with van der Waals surface area (Å²) in [6.07, 6.45) is 2.53. The first-order valence-corrected chi connectivity index (χ1v) is 11.0. The molecule has 136 valence electrons. The molecular weight excluding hydrogens is 366 g/mol. The Labute approximate surface area is 146 Å². The summed E-state index contributed by atoms with van der Waals surface area (Å²) in [6.45, 7) is 3.52. The molecule has 0 saturated carbocycles. The molecule has 2 heterocycles. The molecule has 1 aromatic carbocycles. The minimum absolute atomic E-state index is 0.0167. The van der Waals surface area contributed by atoms with Crippen molar-refractivity contribution in [3.05, 3.63) is 35.2 Å². The van der Waals surface area contributed by atoms with Crippen LogP contribution in [-0.4, -0.2) is 34.8 Å². The molecule has 10 heteroatoms. The smallest absolute Gasteiger partial charge is 0.267 e. The van der Waals surface area contributed by atoms with Gasteiger partial charge in [-0.2, -0.15) is 0 Å². The molecule has 0 amide bonds. The number of hydrogen-bond donors (Lipinski definition) is 1. The number of anilines is 2. The lowest BCUT2D eigenvalue weighted by molar-refractivity contribution is 0.390. The Morgan fingerprint density at radius 1 is 1.20 bits per heavy atom. The molecule has 0 bridgehead atoms. The number of benzene rings is 1. The van der Waals surface area contributed by atoms with Gasteiger partial charge in [0.2, 0.25) is 10.0 Å². The monoisotopic (exact) mass is 385 g/mol. The zero-order chi connectivity index (χ0) is 18.4. The zero-order valence-electron chi connectivity index (χ0n) is 14.1. The molecule has 3 rings (SSSR count). The quantitative estimate of drug-likeness (QED) is 0.859. The average molecular weight is 385 g/mol. The van der Waals surface area contributed by atoms with Crippen molar-refractivity contribution in [3.8, 4) is 0 Å². The summed E-state index contributed by atoms with van der Waals surface area (Å²) in [5.41, 5.74) is 2.03. The fourth-order valence-electron chi connectivity index (χ4n) is 3.04. The van der Waals surface area contributed by atoms with Gasteiger partial charge in [-0.3, -0.25) is 9.03 Å². The molecule has 1 N–H and O–H groups in total. The Balaban J connectivity index is 1.96. The normalized spacial score (nSPS) is 15.1. The van der Waals surface area contributed by atoms with Gasteiger partial charge in [-0.05, 0) is 50.5 Å². The molecule has 1 aromatic heterocycles. The molecule has 1 aliphatic heterocycles. The highest BCUT2D eigenvalue weighted by molar-refractivity contribution is 7.93. The Hall–Kier alpha value is -2.07.